The predicted molar refractivity (Wildman–Crippen MR) is 138 cm³/mol. The highest BCUT2D eigenvalue weighted by atomic mass is 16.2. The van der Waals surface area contributed by atoms with Crippen molar-refractivity contribution in [2.24, 2.45) is 0 Å². The van der Waals surface area contributed by atoms with Crippen molar-refractivity contribution in [2.45, 2.75) is 49.5 Å². The van der Waals surface area contributed by atoms with Gasteiger partial charge in [-0.1, -0.05) is 47.7 Å². The molecule has 36 heavy (non-hydrogen) atoms. The molecule has 1 atom stereocenters. The fraction of sp³-hybridized carbons (Fsp3) is 0.429. The minimum Gasteiger partial charge on any atom is -0.357 e. The molecule has 2 fully saturated rings. The molecule has 1 aromatic heterocycles. The van der Waals surface area contributed by atoms with Crippen molar-refractivity contribution in [3.63, 3.8) is 0 Å². The molecule has 1 aliphatic carbocycles. The number of hydrogen-bond acceptors (Lipinski definition) is 5. The van der Waals surface area contributed by atoms with Crippen LogP contribution in [0.2, 0.25) is 0 Å². The number of likely N-dealkylation sites (tertiary alicyclic amines) is 1. The van der Waals surface area contributed by atoms with Crippen LogP contribution in [-0.2, 0) is 21.4 Å². The van der Waals surface area contributed by atoms with E-state index >= 15 is 0 Å². The number of benzene rings is 2. The van der Waals surface area contributed by atoms with E-state index in [1.54, 1.807) is 11.7 Å². The zero-order chi connectivity index (χ0) is 25.1. The highest BCUT2D eigenvalue weighted by Gasteiger charge is 2.51. The van der Waals surface area contributed by atoms with Gasteiger partial charge in [-0.3, -0.25) is 9.59 Å². The Labute approximate surface area is 212 Å². The number of likely N-dealkylation sites (N-methyl/N-ethyl adjacent to an activating group) is 1. The first-order chi connectivity index (χ1) is 17.5. The van der Waals surface area contributed by atoms with Gasteiger partial charge in [0, 0.05) is 13.5 Å². The van der Waals surface area contributed by atoms with E-state index in [4.69, 9.17) is 0 Å². The average molecular weight is 487 g/mol. The van der Waals surface area contributed by atoms with Gasteiger partial charge in [-0.2, -0.15) is 0 Å². The lowest BCUT2D eigenvalue weighted by atomic mass is 9.89. The molecule has 1 unspecified atom stereocenters. The summed E-state index contributed by atoms with van der Waals surface area (Å²) in [5.74, 6) is 0.243. The van der Waals surface area contributed by atoms with Crippen molar-refractivity contribution in [3.8, 4) is 5.69 Å². The second-order valence-electron chi connectivity index (χ2n) is 10.1. The van der Waals surface area contributed by atoms with Crippen LogP contribution in [0.25, 0.3) is 5.69 Å². The molecule has 2 aromatic carbocycles. The van der Waals surface area contributed by atoms with Gasteiger partial charge in [-0.25, -0.2) is 4.68 Å². The van der Waals surface area contributed by atoms with Gasteiger partial charge in [0.1, 0.15) is 6.04 Å². The Morgan fingerprint density at radius 1 is 1.06 bits per heavy atom. The molecule has 188 valence electrons. The van der Waals surface area contributed by atoms with E-state index < -0.39 is 11.5 Å². The number of hydrogen-bond donors (Lipinski definition) is 2. The second kappa shape index (κ2) is 10.2. The van der Waals surface area contributed by atoms with Crippen LogP contribution in [0.4, 0.5) is 0 Å². The third-order valence-corrected chi connectivity index (χ3v) is 7.68. The lowest BCUT2D eigenvalue weighted by Crippen LogP contribution is -2.50. The zero-order valence-electron chi connectivity index (χ0n) is 21.0. The third kappa shape index (κ3) is 5.04. The Kier molecular flexibility index (Phi) is 6.87. The molecule has 1 saturated carbocycles. The van der Waals surface area contributed by atoms with Crippen molar-refractivity contribution >= 4 is 11.8 Å². The number of piperidine rings is 1. The number of nitrogens with one attached hydrogen (secondary N) is 2. The fourth-order valence-electron chi connectivity index (χ4n) is 5.18. The first-order valence-corrected chi connectivity index (χ1v) is 12.8. The summed E-state index contributed by atoms with van der Waals surface area (Å²) in [4.78, 5) is 28.2. The van der Waals surface area contributed by atoms with Gasteiger partial charge >= 0.3 is 0 Å². The Balaban J connectivity index is 1.26. The highest BCUT2D eigenvalue weighted by molar-refractivity contribution is 5.95. The van der Waals surface area contributed by atoms with Gasteiger partial charge in [-0.15, -0.1) is 5.10 Å². The molecule has 0 radical (unpaired) electrons. The van der Waals surface area contributed by atoms with E-state index in [1.165, 1.54) is 18.4 Å². The number of amides is 2. The summed E-state index contributed by atoms with van der Waals surface area (Å²) in [6, 6.07) is 17.6. The van der Waals surface area contributed by atoms with Gasteiger partial charge in [0.2, 0.25) is 11.8 Å². The molecule has 2 amide bonds. The number of carbonyl (C=O) groups is 2. The van der Waals surface area contributed by atoms with Crippen LogP contribution in [0.15, 0.2) is 60.8 Å². The Morgan fingerprint density at radius 2 is 1.75 bits per heavy atom. The van der Waals surface area contributed by atoms with E-state index in [0.717, 1.165) is 37.2 Å². The smallest absolute Gasteiger partial charge is 0.242 e. The van der Waals surface area contributed by atoms with Crippen molar-refractivity contribution in [3.05, 3.63) is 77.6 Å². The topological polar surface area (TPSA) is 92.2 Å². The first-order valence-electron chi connectivity index (χ1n) is 12.8. The van der Waals surface area contributed by atoms with Gasteiger partial charge in [0.05, 0.1) is 23.0 Å². The molecule has 1 saturated heterocycles. The van der Waals surface area contributed by atoms with Gasteiger partial charge in [0.15, 0.2) is 0 Å². The molecule has 5 rings (SSSR count). The van der Waals surface area contributed by atoms with Crippen molar-refractivity contribution < 1.29 is 9.59 Å². The van der Waals surface area contributed by atoms with E-state index in [1.807, 2.05) is 36.5 Å². The quantitative estimate of drug-likeness (QED) is 0.511. The summed E-state index contributed by atoms with van der Waals surface area (Å²) >= 11 is 0. The summed E-state index contributed by atoms with van der Waals surface area (Å²) in [6.07, 6.45) is 6.03. The normalized spacial score (nSPS) is 18.4. The van der Waals surface area contributed by atoms with E-state index in [9.17, 15) is 9.59 Å². The molecule has 2 aliphatic rings. The lowest BCUT2D eigenvalue weighted by molar-refractivity contribution is -0.130. The number of carbonyl (C=O) groups excluding carboxylic acids is 2. The summed E-state index contributed by atoms with van der Waals surface area (Å²) in [5.41, 5.74) is 3.38. The summed E-state index contributed by atoms with van der Waals surface area (Å²) in [6.45, 7) is 2.27. The van der Waals surface area contributed by atoms with Crippen LogP contribution in [0, 0.1) is 0 Å². The molecule has 2 N–H and O–H groups in total. The lowest BCUT2D eigenvalue weighted by Gasteiger charge is -2.29. The number of rotatable bonds is 8. The van der Waals surface area contributed by atoms with Gasteiger partial charge < -0.3 is 15.5 Å². The molecular weight excluding hydrogens is 452 g/mol. The molecule has 2 heterocycles. The summed E-state index contributed by atoms with van der Waals surface area (Å²) in [7, 11) is 3.75. The van der Waals surface area contributed by atoms with Gasteiger partial charge in [-0.05, 0) is 75.0 Å². The van der Waals surface area contributed by atoms with Crippen LogP contribution in [-0.4, -0.2) is 64.9 Å². The molecule has 8 nitrogen and oxygen atoms in total. The number of nitrogens with zero attached hydrogens (tertiary/aromatic N) is 4. The van der Waals surface area contributed by atoms with Gasteiger partial charge in [0.25, 0.3) is 0 Å². The van der Waals surface area contributed by atoms with Crippen molar-refractivity contribution in [1.82, 2.24) is 30.5 Å². The second-order valence-corrected chi connectivity index (χ2v) is 10.1. The molecule has 0 bridgehead atoms. The standard InChI is InChI=1S/C28H34N6O2/c1-29-26(35)25(30-27(36)28(14-15-28)22-6-4-3-5-7-22)18-23-19-34(32-31-23)24-10-8-20(9-11-24)21-12-16-33(2)17-13-21/h3-11,19,21,25H,12-18H2,1-2H3,(H,29,35)(H,30,36). The van der Waals surface area contributed by atoms with E-state index in [2.05, 4.69) is 57.2 Å². The maximum Gasteiger partial charge on any atom is 0.242 e. The Morgan fingerprint density at radius 3 is 2.39 bits per heavy atom. The Hall–Kier alpha value is -3.52. The molecular formula is C28H34N6O2. The highest BCUT2D eigenvalue weighted by Crippen LogP contribution is 2.48. The molecule has 3 aromatic rings. The zero-order valence-corrected chi connectivity index (χ0v) is 21.0. The maximum atomic E-state index is 13.2. The molecule has 1 aliphatic heterocycles. The van der Waals surface area contributed by atoms with Crippen LogP contribution in [0.3, 0.4) is 0 Å². The molecule has 0 spiro atoms. The third-order valence-electron chi connectivity index (χ3n) is 7.68. The number of aromatic nitrogens is 3. The van der Waals surface area contributed by atoms with E-state index in [-0.39, 0.29) is 18.2 Å². The van der Waals surface area contributed by atoms with E-state index in [0.29, 0.717) is 11.6 Å². The summed E-state index contributed by atoms with van der Waals surface area (Å²) in [5, 5.41) is 14.2. The van der Waals surface area contributed by atoms with Crippen LogP contribution >= 0.6 is 0 Å². The fourth-order valence-corrected chi connectivity index (χ4v) is 5.18. The van der Waals surface area contributed by atoms with Crippen LogP contribution in [0.1, 0.15) is 48.4 Å². The summed E-state index contributed by atoms with van der Waals surface area (Å²) < 4.78 is 1.73. The van der Waals surface area contributed by atoms with Crippen molar-refractivity contribution in [2.75, 3.05) is 27.2 Å². The molecule has 8 heteroatoms. The Bertz CT molecular complexity index is 1190. The SMILES string of the molecule is CNC(=O)C(Cc1cn(-c2ccc(C3CCN(C)CC3)cc2)nn1)NC(=O)C1(c2ccccc2)CC1. The van der Waals surface area contributed by atoms with Crippen LogP contribution < -0.4 is 10.6 Å². The van der Waals surface area contributed by atoms with Crippen LogP contribution in [0.5, 0.6) is 0 Å². The predicted octanol–water partition coefficient (Wildman–Crippen LogP) is 2.58. The minimum atomic E-state index is -0.722. The first kappa shape index (κ1) is 24.2. The monoisotopic (exact) mass is 486 g/mol. The largest absolute Gasteiger partial charge is 0.357 e. The maximum absolute atomic E-state index is 13.2. The minimum absolute atomic E-state index is 0.112. The average Bonchev–Trinajstić information content (AvgIpc) is 3.61. The van der Waals surface area contributed by atoms with Crippen molar-refractivity contribution in [1.29, 1.82) is 0 Å².